The molecule has 0 unspecified atom stereocenters. The normalized spacial score (nSPS) is 10.7. The van der Waals surface area contributed by atoms with Crippen LogP contribution >= 0.6 is 15.9 Å². The van der Waals surface area contributed by atoms with Gasteiger partial charge < -0.3 is 14.4 Å². The number of amides is 1. The van der Waals surface area contributed by atoms with Crippen molar-refractivity contribution in [2.45, 2.75) is 6.61 Å². The van der Waals surface area contributed by atoms with E-state index in [1.807, 2.05) is 0 Å². The molecule has 0 fully saturated rings. The van der Waals surface area contributed by atoms with Crippen LogP contribution in [0, 0.1) is 0 Å². The fraction of sp³-hybridized carbons (Fsp3) is 0.462. The number of hydrogen-bond donors (Lipinski definition) is 0. The van der Waals surface area contributed by atoms with Gasteiger partial charge in [0.25, 0.3) is 5.91 Å². The molecule has 0 heterocycles. The number of hydrogen-bond acceptors (Lipinski definition) is 3. The molecule has 0 spiro atoms. The summed E-state index contributed by atoms with van der Waals surface area (Å²) in [5.41, 5.74) is 0.306. The Balaban J connectivity index is 2.82. The van der Waals surface area contributed by atoms with E-state index in [2.05, 4.69) is 20.7 Å². The van der Waals surface area contributed by atoms with Gasteiger partial charge in [0.2, 0.25) is 0 Å². The molecular formula is C13H16BrF2NO3. The van der Waals surface area contributed by atoms with Crippen molar-refractivity contribution in [1.82, 2.24) is 4.90 Å². The second-order valence-corrected chi connectivity index (χ2v) is 4.67. The first kappa shape index (κ1) is 16.8. The number of alkyl halides is 3. The molecule has 0 atom stereocenters. The highest BCUT2D eigenvalue weighted by Crippen LogP contribution is 2.17. The standard InChI is InChI=1S/C13H16BrF2NO3/c1-19-8-7-17(6-5-14)12(18)10-3-2-4-11(9-10)20-13(15)16/h2-4,9,13H,5-8H2,1H3. The van der Waals surface area contributed by atoms with Crippen LogP contribution in [0.3, 0.4) is 0 Å². The fourth-order valence-electron chi connectivity index (χ4n) is 1.61. The number of nitrogens with zero attached hydrogens (tertiary/aromatic N) is 1. The first-order valence-electron chi connectivity index (χ1n) is 5.97. The van der Waals surface area contributed by atoms with Gasteiger partial charge in [-0.2, -0.15) is 8.78 Å². The second-order valence-electron chi connectivity index (χ2n) is 3.88. The minimum absolute atomic E-state index is 0.0311. The van der Waals surface area contributed by atoms with Crippen molar-refractivity contribution in [3.63, 3.8) is 0 Å². The summed E-state index contributed by atoms with van der Waals surface area (Å²) in [6.45, 7) is -1.57. The van der Waals surface area contributed by atoms with Crippen molar-refractivity contribution in [3.05, 3.63) is 29.8 Å². The molecule has 0 N–H and O–H groups in total. The summed E-state index contributed by atoms with van der Waals surface area (Å²) >= 11 is 3.27. The molecule has 0 aromatic heterocycles. The lowest BCUT2D eigenvalue weighted by Gasteiger charge is -2.21. The summed E-state index contributed by atoms with van der Waals surface area (Å²) < 4.78 is 33.6. The molecule has 0 saturated carbocycles. The number of methoxy groups -OCH3 is 1. The lowest BCUT2D eigenvalue weighted by molar-refractivity contribution is -0.0499. The van der Waals surface area contributed by atoms with Crippen LogP contribution in [0.5, 0.6) is 5.75 Å². The molecule has 7 heteroatoms. The van der Waals surface area contributed by atoms with Gasteiger partial charge in [0.15, 0.2) is 0 Å². The van der Waals surface area contributed by atoms with Crippen molar-refractivity contribution >= 4 is 21.8 Å². The number of carbonyl (C=O) groups is 1. The lowest BCUT2D eigenvalue weighted by atomic mass is 10.2. The van der Waals surface area contributed by atoms with Crippen molar-refractivity contribution in [2.24, 2.45) is 0 Å². The minimum Gasteiger partial charge on any atom is -0.435 e. The van der Waals surface area contributed by atoms with Crippen molar-refractivity contribution in [1.29, 1.82) is 0 Å². The van der Waals surface area contributed by atoms with E-state index in [-0.39, 0.29) is 11.7 Å². The van der Waals surface area contributed by atoms with Crippen LogP contribution in [0.25, 0.3) is 0 Å². The van der Waals surface area contributed by atoms with Gasteiger partial charge in [0.1, 0.15) is 5.75 Å². The van der Waals surface area contributed by atoms with Gasteiger partial charge >= 0.3 is 6.61 Å². The van der Waals surface area contributed by atoms with Crippen molar-refractivity contribution in [2.75, 3.05) is 32.1 Å². The predicted molar refractivity (Wildman–Crippen MR) is 74.6 cm³/mol. The molecule has 4 nitrogen and oxygen atoms in total. The molecule has 1 rings (SSSR count). The van der Waals surface area contributed by atoms with Crippen LogP contribution < -0.4 is 4.74 Å². The first-order valence-corrected chi connectivity index (χ1v) is 7.09. The smallest absolute Gasteiger partial charge is 0.387 e. The van der Waals surface area contributed by atoms with Gasteiger partial charge in [0.05, 0.1) is 6.61 Å². The summed E-state index contributed by atoms with van der Waals surface area (Å²) in [5, 5.41) is 0.621. The molecule has 0 saturated heterocycles. The number of halogens is 3. The number of benzene rings is 1. The van der Waals surface area contributed by atoms with E-state index in [1.54, 1.807) is 18.1 Å². The van der Waals surface area contributed by atoms with Gasteiger partial charge in [-0.1, -0.05) is 22.0 Å². The molecule has 1 aromatic carbocycles. The highest BCUT2D eigenvalue weighted by atomic mass is 79.9. The van der Waals surface area contributed by atoms with Gasteiger partial charge in [-0.25, -0.2) is 0 Å². The van der Waals surface area contributed by atoms with E-state index in [0.29, 0.717) is 30.6 Å². The van der Waals surface area contributed by atoms with E-state index in [4.69, 9.17) is 4.74 Å². The second kappa shape index (κ2) is 8.86. The lowest BCUT2D eigenvalue weighted by Crippen LogP contribution is -2.35. The third kappa shape index (κ3) is 5.42. The Kier molecular flexibility index (Phi) is 7.46. The summed E-state index contributed by atoms with van der Waals surface area (Å²) in [6, 6.07) is 5.76. The Hall–Kier alpha value is -1.21. The highest BCUT2D eigenvalue weighted by molar-refractivity contribution is 9.09. The van der Waals surface area contributed by atoms with Gasteiger partial charge in [-0.3, -0.25) is 4.79 Å². The van der Waals surface area contributed by atoms with Crippen molar-refractivity contribution < 1.29 is 23.0 Å². The van der Waals surface area contributed by atoms with E-state index in [9.17, 15) is 13.6 Å². The van der Waals surface area contributed by atoms with Crippen LogP contribution in [0.4, 0.5) is 8.78 Å². The molecule has 1 amide bonds. The number of ether oxygens (including phenoxy) is 2. The van der Waals surface area contributed by atoms with Gasteiger partial charge in [-0.05, 0) is 18.2 Å². The summed E-state index contributed by atoms with van der Waals surface area (Å²) in [4.78, 5) is 13.9. The summed E-state index contributed by atoms with van der Waals surface area (Å²) in [7, 11) is 1.55. The maximum Gasteiger partial charge on any atom is 0.387 e. The SMILES string of the molecule is COCCN(CCBr)C(=O)c1cccc(OC(F)F)c1. The zero-order valence-corrected chi connectivity index (χ0v) is 12.6. The Morgan fingerprint density at radius 2 is 2.15 bits per heavy atom. The summed E-state index contributed by atoms with van der Waals surface area (Å²) in [5.74, 6) is -0.280. The van der Waals surface area contributed by atoms with E-state index in [0.717, 1.165) is 0 Å². The zero-order chi connectivity index (χ0) is 15.0. The molecule has 1 aromatic rings. The monoisotopic (exact) mass is 351 g/mol. The Morgan fingerprint density at radius 1 is 1.40 bits per heavy atom. The van der Waals surface area contributed by atoms with E-state index >= 15 is 0 Å². The number of rotatable bonds is 8. The van der Waals surface area contributed by atoms with Crippen molar-refractivity contribution in [3.8, 4) is 5.75 Å². The Bertz CT molecular complexity index is 432. The third-order valence-corrected chi connectivity index (χ3v) is 2.87. The molecule has 0 aliphatic rings. The molecular weight excluding hydrogens is 336 g/mol. The molecule has 0 aliphatic heterocycles. The molecule has 112 valence electrons. The zero-order valence-electron chi connectivity index (χ0n) is 11.0. The fourth-order valence-corrected chi connectivity index (χ4v) is 2.03. The third-order valence-electron chi connectivity index (χ3n) is 2.51. The molecule has 0 radical (unpaired) electrons. The molecule has 0 aliphatic carbocycles. The molecule has 0 bridgehead atoms. The maximum absolute atomic E-state index is 12.3. The van der Waals surface area contributed by atoms with Crippen LogP contribution in [0.1, 0.15) is 10.4 Å². The van der Waals surface area contributed by atoms with Gasteiger partial charge in [-0.15, -0.1) is 0 Å². The predicted octanol–water partition coefficient (Wildman–Crippen LogP) is 2.77. The minimum atomic E-state index is -2.91. The summed E-state index contributed by atoms with van der Waals surface area (Å²) in [6.07, 6.45) is 0. The maximum atomic E-state index is 12.3. The topological polar surface area (TPSA) is 38.8 Å². The van der Waals surface area contributed by atoms with Crippen LogP contribution in [-0.2, 0) is 4.74 Å². The largest absolute Gasteiger partial charge is 0.435 e. The Labute approximate surface area is 124 Å². The van der Waals surface area contributed by atoms with E-state index < -0.39 is 6.61 Å². The quantitative estimate of drug-likeness (QED) is 0.676. The van der Waals surface area contributed by atoms with Crippen LogP contribution in [-0.4, -0.2) is 49.6 Å². The first-order chi connectivity index (χ1) is 9.58. The van der Waals surface area contributed by atoms with Gasteiger partial charge in [0, 0.05) is 31.1 Å². The molecule has 20 heavy (non-hydrogen) atoms. The van der Waals surface area contributed by atoms with Crippen LogP contribution in [0.2, 0.25) is 0 Å². The average molecular weight is 352 g/mol. The average Bonchev–Trinajstić information content (AvgIpc) is 2.42. The van der Waals surface area contributed by atoms with E-state index in [1.165, 1.54) is 18.2 Å². The Morgan fingerprint density at radius 3 is 2.75 bits per heavy atom. The highest BCUT2D eigenvalue weighted by Gasteiger charge is 2.16. The number of carbonyl (C=O) groups excluding carboxylic acids is 1. The van der Waals surface area contributed by atoms with Crippen LogP contribution in [0.15, 0.2) is 24.3 Å².